The fraction of sp³-hybridized carbons (Fsp3) is 0.462. The summed E-state index contributed by atoms with van der Waals surface area (Å²) in [6.07, 6.45) is 3.11. The number of hydrogen-bond acceptors (Lipinski definition) is 4. The van der Waals surface area contributed by atoms with E-state index in [1.54, 1.807) is 37.3 Å². The smallest absolute Gasteiger partial charge is 0.244 e. The molecule has 0 spiro atoms. The number of carbonyl (C=O) groups excluding carboxylic acids is 2. The Morgan fingerprint density at radius 2 is 1.64 bits per heavy atom. The minimum atomic E-state index is -3.81. The summed E-state index contributed by atoms with van der Waals surface area (Å²) < 4.78 is 26.7. The first kappa shape index (κ1) is 29.9. The first-order chi connectivity index (χ1) is 16.9. The quantitative estimate of drug-likeness (QED) is 0.369. The third-order valence-electron chi connectivity index (χ3n) is 6.13. The monoisotopic (exact) mass is 555 g/mol. The van der Waals surface area contributed by atoms with Crippen LogP contribution in [0.15, 0.2) is 36.4 Å². The van der Waals surface area contributed by atoms with E-state index in [1.807, 2.05) is 26.8 Å². The Labute approximate surface area is 224 Å². The molecule has 0 aromatic heterocycles. The van der Waals surface area contributed by atoms with E-state index in [4.69, 9.17) is 23.2 Å². The zero-order chi connectivity index (χ0) is 27.0. The van der Waals surface area contributed by atoms with Crippen molar-refractivity contribution in [1.29, 1.82) is 0 Å². The maximum Gasteiger partial charge on any atom is 0.244 e. The second-order valence-electron chi connectivity index (χ2n) is 8.78. The molecule has 0 saturated carbocycles. The second kappa shape index (κ2) is 13.3. The van der Waals surface area contributed by atoms with E-state index in [1.165, 1.54) is 4.90 Å². The largest absolute Gasteiger partial charge is 0.354 e. The molecule has 2 amide bonds. The third-order valence-corrected chi connectivity index (χ3v) is 7.96. The lowest BCUT2D eigenvalue weighted by atomic mass is 10.1. The van der Waals surface area contributed by atoms with E-state index in [0.717, 1.165) is 34.5 Å². The van der Waals surface area contributed by atoms with Crippen LogP contribution >= 0.6 is 23.2 Å². The predicted molar refractivity (Wildman–Crippen MR) is 147 cm³/mol. The number of carbonyl (C=O) groups is 2. The van der Waals surface area contributed by atoms with Crippen molar-refractivity contribution in [2.24, 2.45) is 0 Å². The van der Waals surface area contributed by atoms with Crippen LogP contribution < -0.4 is 9.62 Å². The fourth-order valence-corrected chi connectivity index (χ4v) is 5.30. The molecule has 0 radical (unpaired) electrons. The highest BCUT2D eigenvalue weighted by atomic mass is 35.5. The van der Waals surface area contributed by atoms with Crippen LogP contribution in [0.4, 0.5) is 5.69 Å². The van der Waals surface area contributed by atoms with Crippen molar-refractivity contribution in [1.82, 2.24) is 10.2 Å². The van der Waals surface area contributed by atoms with E-state index < -0.39 is 28.5 Å². The van der Waals surface area contributed by atoms with Crippen molar-refractivity contribution in [3.05, 3.63) is 63.1 Å². The summed E-state index contributed by atoms with van der Waals surface area (Å²) in [4.78, 5) is 28.3. The Hall–Kier alpha value is -2.29. The van der Waals surface area contributed by atoms with Gasteiger partial charge in [0.1, 0.15) is 12.6 Å². The van der Waals surface area contributed by atoms with E-state index in [2.05, 4.69) is 5.32 Å². The van der Waals surface area contributed by atoms with Gasteiger partial charge in [-0.1, -0.05) is 61.7 Å². The standard InChI is InChI=1S/C26H35Cl2N3O4S/c1-6-8-15-29-26(33)23(7-2)30(16-20-21(27)12-10-13-22(20)28)25(32)17-31(36(5,34)35)24-14-9-11-18(3)19(24)4/h9-14,23H,6-8,15-17H2,1-5H3,(H,29,33)/t23-/m1/s1. The maximum atomic E-state index is 13.8. The highest BCUT2D eigenvalue weighted by Crippen LogP contribution is 2.29. The van der Waals surface area contributed by atoms with Crippen LogP contribution in [0.3, 0.4) is 0 Å². The van der Waals surface area contributed by atoms with Crippen molar-refractivity contribution in [3.8, 4) is 0 Å². The van der Waals surface area contributed by atoms with Gasteiger partial charge in [0.2, 0.25) is 21.8 Å². The number of benzene rings is 2. The van der Waals surface area contributed by atoms with Gasteiger partial charge in [-0.3, -0.25) is 13.9 Å². The average molecular weight is 557 g/mol. The molecule has 0 unspecified atom stereocenters. The summed E-state index contributed by atoms with van der Waals surface area (Å²) in [5, 5.41) is 3.60. The van der Waals surface area contributed by atoms with Gasteiger partial charge in [0.15, 0.2) is 0 Å². The summed E-state index contributed by atoms with van der Waals surface area (Å²) in [6, 6.07) is 9.47. The van der Waals surface area contributed by atoms with Crippen molar-refractivity contribution in [2.45, 2.75) is 59.5 Å². The summed E-state index contributed by atoms with van der Waals surface area (Å²) in [6.45, 7) is 7.48. The highest BCUT2D eigenvalue weighted by molar-refractivity contribution is 7.92. The van der Waals surface area contributed by atoms with Crippen LogP contribution in [0.25, 0.3) is 0 Å². The van der Waals surface area contributed by atoms with Crippen LogP contribution in [-0.2, 0) is 26.2 Å². The highest BCUT2D eigenvalue weighted by Gasteiger charge is 2.32. The number of anilines is 1. The molecule has 1 atom stereocenters. The third kappa shape index (κ3) is 7.60. The van der Waals surface area contributed by atoms with E-state index in [0.29, 0.717) is 34.3 Å². The van der Waals surface area contributed by atoms with Crippen LogP contribution in [0.5, 0.6) is 0 Å². The summed E-state index contributed by atoms with van der Waals surface area (Å²) in [5.74, 6) is -0.838. The molecule has 0 aliphatic carbocycles. The molecule has 2 rings (SSSR count). The Morgan fingerprint density at radius 3 is 2.19 bits per heavy atom. The van der Waals surface area contributed by atoms with Gasteiger partial charge in [-0.05, 0) is 56.0 Å². The number of amides is 2. The SMILES string of the molecule is CCCCNC(=O)[C@@H](CC)N(Cc1c(Cl)cccc1Cl)C(=O)CN(c1cccc(C)c1C)S(C)(=O)=O. The molecule has 36 heavy (non-hydrogen) atoms. The van der Waals surface area contributed by atoms with Crippen molar-refractivity contribution in [3.63, 3.8) is 0 Å². The molecule has 1 N–H and O–H groups in total. The molecule has 2 aromatic rings. The molecule has 2 aromatic carbocycles. The molecule has 198 valence electrons. The van der Waals surface area contributed by atoms with Gasteiger partial charge in [0, 0.05) is 28.7 Å². The Morgan fingerprint density at radius 1 is 1.03 bits per heavy atom. The number of nitrogens with zero attached hydrogens (tertiary/aromatic N) is 2. The molecule has 0 bridgehead atoms. The van der Waals surface area contributed by atoms with Gasteiger partial charge in [0.05, 0.1) is 11.9 Å². The summed E-state index contributed by atoms with van der Waals surface area (Å²) >= 11 is 12.8. The van der Waals surface area contributed by atoms with E-state index in [9.17, 15) is 18.0 Å². The minimum Gasteiger partial charge on any atom is -0.354 e. The lowest BCUT2D eigenvalue weighted by Crippen LogP contribution is -2.52. The maximum absolute atomic E-state index is 13.8. The fourth-order valence-electron chi connectivity index (χ4n) is 3.88. The Bertz CT molecular complexity index is 1170. The molecule has 0 heterocycles. The molecule has 0 aliphatic rings. The number of sulfonamides is 1. The second-order valence-corrected chi connectivity index (χ2v) is 11.5. The molecule has 0 aliphatic heterocycles. The number of hydrogen-bond donors (Lipinski definition) is 1. The number of nitrogens with one attached hydrogen (secondary N) is 1. The lowest BCUT2D eigenvalue weighted by molar-refractivity contribution is -0.140. The summed E-state index contributed by atoms with van der Waals surface area (Å²) in [7, 11) is -3.81. The zero-order valence-corrected chi connectivity index (χ0v) is 23.8. The van der Waals surface area contributed by atoms with Gasteiger partial charge in [-0.2, -0.15) is 0 Å². The number of rotatable bonds is 12. The van der Waals surface area contributed by atoms with E-state index >= 15 is 0 Å². The molecule has 0 fully saturated rings. The molecule has 10 heteroatoms. The summed E-state index contributed by atoms with van der Waals surface area (Å²) in [5.41, 5.74) is 2.56. The van der Waals surface area contributed by atoms with Gasteiger partial charge in [-0.25, -0.2) is 8.42 Å². The van der Waals surface area contributed by atoms with Crippen LogP contribution in [-0.4, -0.2) is 50.5 Å². The minimum absolute atomic E-state index is 0.0402. The molecule has 7 nitrogen and oxygen atoms in total. The Balaban J connectivity index is 2.51. The van der Waals surface area contributed by atoms with Crippen LogP contribution in [0, 0.1) is 13.8 Å². The average Bonchev–Trinajstić information content (AvgIpc) is 2.80. The number of unbranched alkanes of at least 4 members (excludes halogenated alkanes) is 1. The van der Waals surface area contributed by atoms with Crippen molar-refractivity contribution < 1.29 is 18.0 Å². The normalized spacial score (nSPS) is 12.2. The molecular formula is C26H35Cl2N3O4S. The van der Waals surface area contributed by atoms with Gasteiger partial charge in [-0.15, -0.1) is 0 Å². The first-order valence-corrected chi connectivity index (χ1v) is 14.6. The zero-order valence-electron chi connectivity index (χ0n) is 21.5. The van der Waals surface area contributed by atoms with E-state index in [-0.39, 0.29) is 12.5 Å². The number of aryl methyl sites for hydroxylation is 1. The van der Waals surface area contributed by atoms with Crippen molar-refractivity contribution in [2.75, 3.05) is 23.7 Å². The Kier molecular flexibility index (Phi) is 11.1. The molecule has 0 saturated heterocycles. The first-order valence-electron chi connectivity index (χ1n) is 12.0. The van der Waals surface area contributed by atoms with Gasteiger partial charge >= 0.3 is 0 Å². The van der Waals surface area contributed by atoms with Crippen LogP contribution in [0.2, 0.25) is 10.0 Å². The van der Waals surface area contributed by atoms with Crippen LogP contribution in [0.1, 0.15) is 49.8 Å². The topological polar surface area (TPSA) is 86.8 Å². The lowest BCUT2D eigenvalue weighted by Gasteiger charge is -2.33. The predicted octanol–water partition coefficient (Wildman–Crippen LogP) is 5.10. The van der Waals surface area contributed by atoms with Crippen molar-refractivity contribution >= 4 is 50.7 Å². The van der Waals surface area contributed by atoms with Gasteiger partial charge in [0.25, 0.3) is 0 Å². The number of halogens is 2. The van der Waals surface area contributed by atoms with Gasteiger partial charge < -0.3 is 10.2 Å². The molecular weight excluding hydrogens is 521 g/mol.